The summed E-state index contributed by atoms with van der Waals surface area (Å²) in [6, 6.07) is 0.730. The zero-order valence-electron chi connectivity index (χ0n) is 13.0. The molecular formula is C14H32N4. The lowest BCUT2D eigenvalue weighted by molar-refractivity contribution is 0.126. The second-order valence-corrected chi connectivity index (χ2v) is 6.04. The molecule has 0 amide bonds. The first kappa shape index (κ1) is 15.9. The Morgan fingerprint density at radius 2 is 0.833 bits per heavy atom. The fourth-order valence-electron chi connectivity index (χ4n) is 2.24. The monoisotopic (exact) mass is 256 g/mol. The minimum atomic E-state index is 0.730. The SMILES string of the molecule is CC(C)N1CCN(C)CC1.CN1CCN(C)CC1. The van der Waals surface area contributed by atoms with Crippen molar-refractivity contribution < 1.29 is 0 Å². The highest BCUT2D eigenvalue weighted by molar-refractivity contribution is 4.71. The molecule has 0 atom stereocenters. The average molecular weight is 256 g/mol. The van der Waals surface area contributed by atoms with Gasteiger partial charge in [-0.3, -0.25) is 4.90 Å². The van der Waals surface area contributed by atoms with Crippen molar-refractivity contribution in [3.05, 3.63) is 0 Å². The first-order valence-corrected chi connectivity index (χ1v) is 7.28. The number of hydrogen-bond donors (Lipinski definition) is 0. The highest BCUT2D eigenvalue weighted by Crippen LogP contribution is 2.02. The maximum Gasteiger partial charge on any atom is 0.0112 e. The van der Waals surface area contributed by atoms with E-state index in [0.29, 0.717) is 0 Å². The largest absolute Gasteiger partial charge is 0.304 e. The summed E-state index contributed by atoms with van der Waals surface area (Å²) >= 11 is 0. The third-order valence-corrected chi connectivity index (χ3v) is 4.00. The molecule has 0 saturated carbocycles. The van der Waals surface area contributed by atoms with E-state index in [-0.39, 0.29) is 0 Å². The molecule has 0 aromatic carbocycles. The lowest BCUT2D eigenvalue weighted by atomic mass is 10.2. The summed E-state index contributed by atoms with van der Waals surface area (Å²) in [5.74, 6) is 0. The molecule has 2 heterocycles. The van der Waals surface area contributed by atoms with E-state index in [9.17, 15) is 0 Å². The summed E-state index contributed by atoms with van der Waals surface area (Å²) in [5, 5.41) is 0. The van der Waals surface area contributed by atoms with Crippen molar-refractivity contribution in [1.82, 2.24) is 19.6 Å². The van der Waals surface area contributed by atoms with E-state index in [2.05, 4.69) is 54.6 Å². The Balaban J connectivity index is 0.000000184. The van der Waals surface area contributed by atoms with Crippen LogP contribution in [0.4, 0.5) is 0 Å². The van der Waals surface area contributed by atoms with Gasteiger partial charge in [0, 0.05) is 58.4 Å². The zero-order chi connectivity index (χ0) is 13.5. The number of rotatable bonds is 1. The minimum Gasteiger partial charge on any atom is -0.304 e. The quantitative estimate of drug-likeness (QED) is 0.677. The van der Waals surface area contributed by atoms with Gasteiger partial charge in [-0.05, 0) is 35.0 Å². The summed E-state index contributed by atoms with van der Waals surface area (Å²) in [5.41, 5.74) is 0. The van der Waals surface area contributed by atoms with Crippen molar-refractivity contribution in [2.24, 2.45) is 0 Å². The van der Waals surface area contributed by atoms with Crippen molar-refractivity contribution in [1.29, 1.82) is 0 Å². The molecule has 0 unspecified atom stereocenters. The highest BCUT2D eigenvalue weighted by Gasteiger charge is 2.15. The molecule has 0 aromatic rings. The van der Waals surface area contributed by atoms with Gasteiger partial charge in [0.2, 0.25) is 0 Å². The third kappa shape index (κ3) is 6.14. The van der Waals surface area contributed by atoms with Crippen LogP contribution in [0.15, 0.2) is 0 Å². The molecule has 0 aliphatic carbocycles. The molecule has 108 valence electrons. The Bertz CT molecular complexity index is 194. The molecule has 2 rings (SSSR count). The summed E-state index contributed by atoms with van der Waals surface area (Å²) in [6.45, 7) is 14.4. The van der Waals surface area contributed by atoms with Crippen LogP contribution in [-0.4, -0.2) is 99.1 Å². The van der Waals surface area contributed by atoms with E-state index in [0.717, 1.165) is 6.04 Å². The number of piperazine rings is 2. The van der Waals surface area contributed by atoms with Crippen LogP contribution in [0.1, 0.15) is 13.8 Å². The van der Waals surface area contributed by atoms with Crippen molar-refractivity contribution in [3.63, 3.8) is 0 Å². The van der Waals surface area contributed by atoms with Gasteiger partial charge in [-0.2, -0.15) is 0 Å². The third-order valence-electron chi connectivity index (χ3n) is 4.00. The van der Waals surface area contributed by atoms with Gasteiger partial charge < -0.3 is 14.7 Å². The van der Waals surface area contributed by atoms with E-state index in [1.807, 2.05) is 0 Å². The molecule has 2 fully saturated rings. The van der Waals surface area contributed by atoms with Crippen molar-refractivity contribution >= 4 is 0 Å². The van der Waals surface area contributed by atoms with Crippen LogP contribution in [0.5, 0.6) is 0 Å². The van der Waals surface area contributed by atoms with Crippen LogP contribution < -0.4 is 0 Å². The predicted octanol–water partition coefficient (Wildman–Crippen LogP) is 0.506. The second kappa shape index (κ2) is 8.10. The molecule has 0 bridgehead atoms. The first-order chi connectivity index (χ1) is 8.49. The van der Waals surface area contributed by atoms with E-state index in [1.54, 1.807) is 0 Å². The van der Waals surface area contributed by atoms with Crippen molar-refractivity contribution in [2.45, 2.75) is 19.9 Å². The molecular weight excluding hydrogens is 224 g/mol. The average Bonchev–Trinajstić information content (AvgIpc) is 2.34. The fourth-order valence-corrected chi connectivity index (χ4v) is 2.24. The van der Waals surface area contributed by atoms with Crippen LogP contribution in [0.25, 0.3) is 0 Å². The highest BCUT2D eigenvalue weighted by atomic mass is 15.3. The van der Waals surface area contributed by atoms with Crippen LogP contribution in [0.2, 0.25) is 0 Å². The zero-order valence-corrected chi connectivity index (χ0v) is 13.0. The lowest BCUT2D eigenvalue weighted by Crippen LogP contribution is -2.47. The van der Waals surface area contributed by atoms with Gasteiger partial charge in [0.15, 0.2) is 0 Å². The van der Waals surface area contributed by atoms with E-state index in [4.69, 9.17) is 0 Å². The number of likely N-dealkylation sites (N-methyl/N-ethyl adjacent to an activating group) is 3. The standard InChI is InChI=1S/C8H18N2.C6H14N2/c1-8(2)10-6-4-9(3)5-7-10;1-7-3-5-8(2)6-4-7/h8H,4-7H2,1-3H3;3-6H2,1-2H3. The molecule has 0 aromatic heterocycles. The molecule has 2 saturated heterocycles. The Hall–Kier alpha value is -0.160. The number of nitrogens with zero attached hydrogens (tertiary/aromatic N) is 4. The van der Waals surface area contributed by atoms with E-state index >= 15 is 0 Å². The Labute approximate surface area is 114 Å². The van der Waals surface area contributed by atoms with Gasteiger partial charge in [0.25, 0.3) is 0 Å². The Morgan fingerprint density at radius 3 is 1.11 bits per heavy atom. The van der Waals surface area contributed by atoms with Gasteiger partial charge in [0.05, 0.1) is 0 Å². The molecule has 0 N–H and O–H groups in total. The van der Waals surface area contributed by atoms with Gasteiger partial charge in [-0.1, -0.05) is 0 Å². The molecule has 4 heteroatoms. The van der Waals surface area contributed by atoms with E-state index in [1.165, 1.54) is 52.4 Å². The molecule has 18 heavy (non-hydrogen) atoms. The Kier molecular flexibility index (Phi) is 7.15. The summed E-state index contributed by atoms with van der Waals surface area (Å²) < 4.78 is 0. The minimum absolute atomic E-state index is 0.730. The van der Waals surface area contributed by atoms with Crippen LogP contribution >= 0.6 is 0 Å². The number of hydrogen-bond acceptors (Lipinski definition) is 4. The normalized spacial score (nSPS) is 25.0. The van der Waals surface area contributed by atoms with Crippen molar-refractivity contribution in [3.8, 4) is 0 Å². The Morgan fingerprint density at radius 1 is 0.556 bits per heavy atom. The smallest absolute Gasteiger partial charge is 0.0112 e. The first-order valence-electron chi connectivity index (χ1n) is 7.28. The molecule has 2 aliphatic rings. The van der Waals surface area contributed by atoms with Crippen LogP contribution in [0, 0.1) is 0 Å². The molecule has 0 radical (unpaired) electrons. The fraction of sp³-hybridized carbons (Fsp3) is 1.00. The second-order valence-electron chi connectivity index (χ2n) is 6.04. The summed E-state index contributed by atoms with van der Waals surface area (Å²) in [6.07, 6.45) is 0. The van der Waals surface area contributed by atoms with Gasteiger partial charge in [-0.15, -0.1) is 0 Å². The molecule has 2 aliphatic heterocycles. The van der Waals surface area contributed by atoms with Crippen LogP contribution in [0.3, 0.4) is 0 Å². The summed E-state index contributed by atoms with van der Waals surface area (Å²) in [7, 11) is 6.54. The maximum absolute atomic E-state index is 2.53. The van der Waals surface area contributed by atoms with Gasteiger partial charge >= 0.3 is 0 Å². The van der Waals surface area contributed by atoms with Crippen molar-refractivity contribution in [2.75, 3.05) is 73.5 Å². The molecule has 0 spiro atoms. The topological polar surface area (TPSA) is 13.0 Å². The predicted molar refractivity (Wildman–Crippen MR) is 79.2 cm³/mol. The van der Waals surface area contributed by atoms with Gasteiger partial charge in [0.1, 0.15) is 0 Å². The van der Waals surface area contributed by atoms with E-state index < -0.39 is 0 Å². The summed E-state index contributed by atoms with van der Waals surface area (Å²) in [4.78, 5) is 9.64. The van der Waals surface area contributed by atoms with Crippen LogP contribution in [-0.2, 0) is 0 Å². The maximum atomic E-state index is 2.53. The molecule has 4 nitrogen and oxygen atoms in total. The lowest BCUT2D eigenvalue weighted by Gasteiger charge is -2.34. The van der Waals surface area contributed by atoms with Gasteiger partial charge in [-0.25, -0.2) is 0 Å².